The Bertz CT molecular complexity index is 443. The van der Waals surface area contributed by atoms with Gasteiger partial charge in [-0.05, 0) is 12.1 Å². The highest BCUT2D eigenvalue weighted by molar-refractivity contribution is 6.00. The van der Waals surface area contributed by atoms with Crippen molar-refractivity contribution in [3.8, 4) is 0 Å². The number of carbonyl (C=O) groups excluding carboxylic acids is 3. The minimum absolute atomic E-state index is 0.0594. The summed E-state index contributed by atoms with van der Waals surface area (Å²) in [6.45, 7) is -0.362. The van der Waals surface area contributed by atoms with E-state index in [0.29, 0.717) is 4.90 Å². The van der Waals surface area contributed by atoms with Crippen molar-refractivity contribution in [2.75, 3.05) is 6.54 Å². The third-order valence-corrected chi connectivity index (χ3v) is 2.05. The van der Waals surface area contributed by atoms with Gasteiger partial charge in [0.05, 0.1) is 12.1 Å². The van der Waals surface area contributed by atoms with E-state index < -0.39 is 11.8 Å². The first kappa shape index (κ1) is 12.6. The lowest BCUT2D eigenvalue weighted by Gasteiger charge is -2.07. The Morgan fingerprint density at radius 3 is 1.94 bits per heavy atom. The molecule has 2 amide bonds. The molecule has 0 spiro atoms. The summed E-state index contributed by atoms with van der Waals surface area (Å²) in [6.07, 6.45) is 0.493. The second kappa shape index (κ2) is 5.55. The number of ketones is 1. The molecular formula is C11H9NO5. The van der Waals surface area contributed by atoms with Crippen LogP contribution in [0.3, 0.4) is 0 Å². The number of aromatic carboxylic acids is 1. The van der Waals surface area contributed by atoms with Crippen LogP contribution in [0, 0.1) is 0 Å². The van der Waals surface area contributed by atoms with Crippen LogP contribution in [0.1, 0.15) is 20.7 Å². The number of carboxylic acids is 1. The second-order valence-corrected chi connectivity index (χ2v) is 3.19. The number of carboxylic acid groups (broad SMARTS) is 1. The summed E-state index contributed by atoms with van der Waals surface area (Å²) in [7, 11) is 0. The normalized spacial score (nSPS) is 9.41. The second-order valence-electron chi connectivity index (χ2n) is 3.19. The van der Waals surface area contributed by atoms with Crippen LogP contribution in [-0.2, 0) is 9.59 Å². The Morgan fingerprint density at radius 2 is 1.53 bits per heavy atom. The molecule has 0 radical (unpaired) electrons. The summed E-state index contributed by atoms with van der Waals surface area (Å²) in [5, 5.41) is 8.65. The van der Waals surface area contributed by atoms with E-state index in [4.69, 9.17) is 5.11 Å². The number of imide groups is 1. The summed E-state index contributed by atoms with van der Waals surface area (Å²) in [5.74, 6) is -1.53. The maximum absolute atomic E-state index is 11.5. The van der Waals surface area contributed by atoms with E-state index >= 15 is 0 Å². The number of nitrogens with zero attached hydrogens (tertiary/aromatic N) is 1. The van der Waals surface area contributed by atoms with E-state index in [1.807, 2.05) is 0 Å². The quantitative estimate of drug-likeness (QED) is 0.561. The summed E-state index contributed by atoms with van der Waals surface area (Å²) < 4.78 is 0. The molecule has 0 saturated heterocycles. The van der Waals surface area contributed by atoms with Crippen LogP contribution in [0.25, 0.3) is 0 Å². The first-order chi connectivity index (χ1) is 8.08. The van der Waals surface area contributed by atoms with Crippen LogP contribution in [0.4, 0.5) is 0 Å². The van der Waals surface area contributed by atoms with Gasteiger partial charge in [0.2, 0.25) is 12.8 Å². The number of hydrogen-bond donors (Lipinski definition) is 1. The molecule has 17 heavy (non-hydrogen) atoms. The van der Waals surface area contributed by atoms with Gasteiger partial charge in [-0.15, -0.1) is 0 Å². The van der Waals surface area contributed by atoms with Gasteiger partial charge < -0.3 is 5.11 Å². The molecule has 0 heterocycles. The largest absolute Gasteiger partial charge is 0.478 e. The fourth-order valence-electron chi connectivity index (χ4n) is 1.16. The van der Waals surface area contributed by atoms with Gasteiger partial charge in [0.25, 0.3) is 0 Å². The third kappa shape index (κ3) is 3.23. The van der Waals surface area contributed by atoms with Gasteiger partial charge in [-0.25, -0.2) is 4.79 Å². The lowest BCUT2D eigenvalue weighted by molar-refractivity contribution is -0.128. The SMILES string of the molecule is O=CN(C=O)CC(=O)c1ccc(C(=O)O)cc1. The van der Waals surface area contributed by atoms with Crippen LogP contribution in [0.2, 0.25) is 0 Å². The van der Waals surface area contributed by atoms with Crippen molar-refractivity contribution >= 4 is 24.6 Å². The van der Waals surface area contributed by atoms with Gasteiger partial charge in [-0.2, -0.15) is 0 Å². The molecule has 0 atom stereocenters. The van der Waals surface area contributed by atoms with Crippen molar-refractivity contribution in [3.63, 3.8) is 0 Å². The van der Waals surface area contributed by atoms with Crippen molar-refractivity contribution in [1.29, 1.82) is 0 Å². The average Bonchev–Trinajstić information content (AvgIpc) is 2.35. The molecule has 1 N–H and O–H groups in total. The monoisotopic (exact) mass is 235 g/mol. The Balaban J connectivity index is 2.79. The average molecular weight is 235 g/mol. The van der Waals surface area contributed by atoms with Crippen LogP contribution >= 0.6 is 0 Å². The van der Waals surface area contributed by atoms with Gasteiger partial charge in [0.15, 0.2) is 5.78 Å². The van der Waals surface area contributed by atoms with Gasteiger partial charge in [0.1, 0.15) is 0 Å². The zero-order valence-electron chi connectivity index (χ0n) is 8.70. The first-order valence-electron chi connectivity index (χ1n) is 4.61. The number of benzene rings is 1. The molecule has 0 bridgehead atoms. The maximum atomic E-state index is 11.5. The molecule has 0 aromatic heterocycles. The molecule has 0 aliphatic rings. The predicted molar refractivity (Wildman–Crippen MR) is 56.6 cm³/mol. The third-order valence-electron chi connectivity index (χ3n) is 2.05. The summed E-state index contributed by atoms with van der Waals surface area (Å²) in [5.41, 5.74) is 0.299. The number of rotatable bonds is 6. The standard InChI is InChI=1S/C11H9NO5/c13-6-12(7-14)5-10(15)8-1-3-9(4-2-8)11(16)17/h1-4,6-7H,5H2,(H,16,17). The van der Waals surface area contributed by atoms with Gasteiger partial charge >= 0.3 is 5.97 Å². The van der Waals surface area contributed by atoms with Gasteiger partial charge in [-0.3, -0.25) is 19.3 Å². The Morgan fingerprint density at radius 1 is 1.06 bits per heavy atom. The van der Waals surface area contributed by atoms with E-state index in [2.05, 4.69) is 0 Å². The molecular weight excluding hydrogens is 226 g/mol. The topological polar surface area (TPSA) is 91.8 Å². The van der Waals surface area contributed by atoms with Crippen LogP contribution < -0.4 is 0 Å². The van der Waals surface area contributed by atoms with E-state index in [0.717, 1.165) is 0 Å². The lowest BCUT2D eigenvalue weighted by Crippen LogP contribution is -2.27. The molecule has 0 aliphatic carbocycles. The summed E-state index contributed by atoms with van der Waals surface area (Å²) >= 11 is 0. The number of carbonyl (C=O) groups is 4. The molecule has 1 aromatic carbocycles. The molecule has 0 aliphatic heterocycles. The zero-order chi connectivity index (χ0) is 12.8. The van der Waals surface area contributed by atoms with Crippen molar-refractivity contribution in [3.05, 3.63) is 35.4 Å². The Labute approximate surface area is 96.5 Å². The van der Waals surface area contributed by atoms with Gasteiger partial charge in [0, 0.05) is 5.56 Å². The summed E-state index contributed by atoms with van der Waals surface area (Å²) in [6, 6.07) is 5.22. The number of hydrogen-bond acceptors (Lipinski definition) is 4. The smallest absolute Gasteiger partial charge is 0.335 e. The molecule has 0 saturated carbocycles. The molecule has 1 rings (SSSR count). The Kier molecular flexibility index (Phi) is 4.10. The maximum Gasteiger partial charge on any atom is 0.335 e. The van der Waals surface area contributed by atoms with E-state index in [9.17, 15) is 19.2 Å². The van der Waals surface area contributed by atoms with Crippen LogP contribution in [0.15, 0.2) is 24.3 Å². The number of Topliss-reactive ketones (excluding diaryl/α,β-unsaturated/α-hetero) is 1. The first-order valence-corrected chi connectivity index (χ1v) is 4.61. The van der Waals surface area contributed by atoms with Crippen molar-refractivity contribution < 1.29 is 24.3 Å². The van der Waals surface area contributed by atoms with Gasteiger partial charge in [-0.1, -0.05) is 12.1 Å². The van der Waals surface area contributed by atoms with Crippen LogP contribution in [-0.4, -0.2) is 41.1 Å². The van der Waals surface area contributed by atoms with E-state index in [-0.39, 0.29) is 30.5 Å². The highest BCUT2D eigenvalue weighted by Gasteiger charge is 2.11. The predicted octanol–water partition coefficient (Wildman–Crippen LogP) is 0.182. The minimum atomic E-state index is -1.09. The van der Waals surface area contributed by atoms with Crippen molar-refractivity contribution in [2.45, 2.75) is 0 Å². The highest BCUT2D eigenvalue weighted by atomic mass is 16.4. The fourth-order valence-corrected chi connectivity index (χ4v) is 1.16. The van der Waals surface area contributed by atoms with E-state index in [1.54, 1.807) is 0 Å². The fraction of sp³-hybridized carbons (Fsp3) is 0.0909. The highest BCUT2D eigenvalue weighted by Crippen LogP contribution is 2.05. The zero-order valence-corrected chi connectivity index (χ0v) is 8.70. The molecule has 1 aromatic rings. The van der Waals surface area contributed by atoms with Crippen molar-refractivity contribution in [1.82, 2.24) is 4.90 Å². The Hall–Kier alpha value is -2.50. The molecule has 6 heteroatoms. The molecule has 0 fully saturated rings. The summed E-state index contributed by atoms with van der Waals surface area (Å²) in [4.78, 5) is 43.4. The number of amides is 2. The van der Waals surface area contributed by atoms with E-state index in [1.165, 1.54) is 24.3 Å². The van der Waals surface area contributed by atoms with Crippen LogP contribution in [0.5, 0.6) is 0 Å². The molecule has 88 valence electrons. The minimum Gasteiger partial charge on any atom is -0.478 e. The lowest BCUT2D eigenvalue weighted by atomic mass is 10.1. The molecule has 0 unspecified atom stereocenters. The molecule has 6 nitrogen and oxygen atoms in total. The van der Waals surface area contributed by atoms with Crippen molar-refractivity contribution in [2.24, 2.45) is 0 Å².